The molecule has 60 heavy (non-hydrogen) atoms. The van der Waals surface area contributed by atoms with Gasteiger partial charge in [-0.15, -0.1) is 0 Å². The molecule has 12 aromatic rings. The van der Waals surface area contributed by atoms with Crippen LogP contribution in [0.3, 0.4) is 0 Å². The highest BCUT2D eigenvalue weighted by molar-refractivity contribution is 6.15. The molecule has 12 rings (SSSR count). The van der Waals surface area contributed by atoms with Crippen LogP contribution in [0.1, 0.15) is 0 Å². The van der Waals surface area contributed by atoms with E-state index in [1.807, 2.05) is 6.07 Å². The molecule has 0 radical (unpaired) electrons. The van der Waals surface area contributed by atoms with E-state index in [-0.39, 0.29) is 0 Å². The molecule has 1 aromatic heterocycles. The van der Waals surface area contributed by atoms with Crippen molar-refractivity contribution in [3.63, 3.8) is 0 Å². The highest BCUT2D eigenvalue weighted by Gasteiger charge is 2.22. The molecule has 0 N–H and O–H groups in total. The molecule has 1 heterocycles. The second-order valence-corrected chi connectivity index (χ2v) is 15.6. The molecule has 0 unspecified atom stereocenters. The van der Waals surface area contributed by atoms with Crippen LogP contribution in [-0.2, 0) is 0 Å². The van der Waals surface area contributed by atoms with Gasteiger partial charge in [0.05, 0.1) is 16.8 Å². The summed E-state index contributed by atoms with van der Waals surface area (Å²) < 4.78 is 6.46. The molecule has 2 nitrogen and oxygen atoms in total. The standard InChI is InChI=1S/C58H37NO/c1-3-13-46-40(12-1)33-36-51-47(17-9-18-50(46)51)41-24-26-42(27-25-41)49-15-5-7-19-54(49)59(55-20-10-22-57-58(55)52-16-6-8-21-56(52)60-57)45-34-31-38(32-35-45)44-30-29-43-28-23-39-11-2-4-14-48(39)53(43)37-44/h1-37H. The Bertz CT molecular complexity index is 3600. The zero-order chi connectivity index (χ0) is 39.6. The third-order valence-electron chi connectivity index (χ3n) is 12.3. The van der Waals surface area contributed by atoms with Crippen LogP contribution in [0.2, 0.25) is 0 Å². The molecule has 0 aliphatic rings. The fourth-order valence-electron chi connectivity index (χ4n) is 9.37. The summed E-state index contributed by atoms with van der Waals surface area (Å²) >= 11 is 0. The van der Waals surface area contributed by atoms with E-state index in [0.717, 1.165) is 50.1 Å². The molecule has 11 aromatic carbocycles. The van der Waals surface area contributed by atoms with E-state index in [1.165, 1.54) is 65.3 Å². The first kappa shape index (κ1) is 34.1. The molecular formula is C58H37NO. The number of furan rings is 1. The number of nitrogens with zero attached hydrogens (tertiary/aromatic N) is 1. The zero-order valence-corrected chi connectivity index (χ0v) is 32.7. The van der Waals surface area contributed by atoms with Crippen LogP contribution >= 0.6 is 0 Å². The SMILES string of the molecule is c1ccc(N(c2ccc(-c3ccc4ccc5ccccc5c4c3)cc2)c2cccc3oc4ccccc4c23)c(-c2ccc(-c3cccc4c3ccc3ccccc34)cc2)c1. The van der Waals surface area contributed by atoms with E-state index in [4.69, 9.17) is 4.42 Å². The van der Waals surface area contributed by atoms with E-state index in [2.05, 4.69) is 223 Å². The smallest absolute Gasteiger partial charge is 0.137 e. The Morgan fingerprint density at radius 3 is 1.60 bits per heavy atom. The van der Waals surface area contributed by atoms with Crippen LogP contribution in [0.4, 0.5) is 17.1 Å². The maximum absolute atomic E-state index is 6.46. The Morgan fingerprint density at radius 2 is 0.800 bits per heavy atom. The summed E-state index contributed by atoms with van der Waals surface area (Å²) in [6.45, 7) is 0. The molecule has 0 amide bonds. The summed E-state index contributed by atoms with van der Waals surface area (Å²) in [5.74, 6) is 0. The number of anilines is 3. The van der Waals surface area contributed by atoms with Crippen LogP contribution < -0.4 is 4.90 Å². The quantitative estimate of drug-likeness (QED) is 0.157. The largest absolute Gasteiger partial charge is 0.456 e. The van der Waals surface area contributed by atoms with Crippen molar-refractivity contribution >= 4 is 82.1 Å². The minimum Gasteiger partial charge on any atom is -0.456 e. The van der Waals surface area contributed by atoms with Gasteiger partial charge in [-0.3, -0.25) is 0 Å². The number of fused-ring (bicyclic) bond motifs is 9. The third-order valence-corrected chi connectivity index (χ3v) is 12.3. The predicted molar refractivity (Wildman–Crippen MR) is 255 cm³/mol. The first-order valence-electron chi connectivity index (χ1n) is 20.6. The Morgan fingerprint density at radius 1 is 0.283 bits per heavy atom. The molecule has 2 heteroatoms. The van der Waals surface area contributed by atoms with Gasteiger partial charge in [0.25, 0.3) is 0 Å². The van der Waals surface area contributed by atoms with Crippen molar-refractivity contribution in [1.82, 2.24) is 0 Å². The Balaban J connectivity index is 0.995. The third kappa shape index (κ3) is 5.57. The number of para-hydroxylation sites is 2. The molecule has 0 saturated carbocycles. The van der Waals surface area contributed by atoms with Crippen molar-refractivity contribution in [1.29, 1.82) is 0 Å². The van der Waals surface area contributed by atoms with Crippen molar-refractivity contribution in [2.75, 3.05) is 4.90 Å². The van der Waals surface area contributed by atoms with Gasteiger partial charge in [0.15, 0.2) is 0 Å². The molecule has 0 atom stereocenters. The molecule has 0 fully saturated rings. The summed E-state index contributed by atoms with van der Waals surface area (Å²) in [6.07, 6.45) is 0. The number of benzene rings is 11. The normalized spacial score (nSPS) is 11.7. The molecular weight excluding hydrogens is 727 g/mol. The molecule has 280 valence electrons. The average Bonchev–Trinajstić information content (AvgIpc) is 3.71. The van der Waals surface area contributed by atoms with E-state index < -0.39 is 0 Å². The summed E-state index contributed by atoms with van der Waals surface area (Å²) in [5.41, 5.74) is 12.0. The molecule has 0 saturated heterocycles. The van der Waals surface area contributed by atoms with Crippen molar-refractivity contribution in [3.05, 3.63) is 224 Å². The second kappa shape index (κ2) is 13.9. The van der Waals surface area contributed by atoms with Gasteiger partial charge in [0.1, 0.15) is 11.2 Å². The highest BCUT2D eigenvalue weighted by atomic mass is 16.3. The summed E-state index contributed by atoms with van der Waals surface area (Å²) in [4.78, 5) is 2.40. The first-order valence-corrected chi connectivity index (χ1v) is 20.6. The van der Waals surface area contributed by atoms with Crippen molar-refractivity contribution < 1.29 is 4.42 Å². The van der Waals surface area contributed by atoms with E-state index in [9.17, 15) is 0 Å². The van der Waals surface area contributed by atoms with Gasteiger partial charge in [0, 0.05) is 16.6 Å². The van der Waals surface area contributed by atoms with E-state index in [0.29, 0.717) is 0 Å². The number of rotatable bonds is 6. The molecule has 0 aliphatic heterocycles. The Labute approximate surface area is 347 Å². The predicted octanol–water partition coefficient (Wildman–Crippen LogP) is 16.7. The van der Waals surface area contributed by atoms with Gasteiger partial charge >= 0.3 is 0 Å². The average molecular weight is 764 g/mol. The van der Waals surface area contributed by atoms with Crippen molar-refractivity contribution in [2.45, 2.75) is 0 Å². The van der Waals surface area contributed by atoms with Crippen molar-refractivity contribution in [3.8, 4) is 33.4 Å². The zero-order valence-electron chi connectivity index (χ0n) is 32.7. The fourth-order valence-corrected chi connectivity index (χ4v) is 9.37. The number of hydrogen-bond acceptors (Lipinski definition) is 2. The lowest BCUT2D eigenvalue weighted by Gasteiger charge is -2.28. The second-order valence-electron chi connectivity index (χ2n) is 15.6. The molecule has 0 aliphatic carbocycles. The van der Waals surface area contributed by atoms with Gasteiger partial charge in [-0.05, 0) is 113 Å². The van der Waals surface area contributed by atoms with Crippen LogP contribution in [-0.4, -0.2) is 0 Å². The van der Waals surface area contributed by atoms with Gasteiger partial charge in [-0.2, -0.15) is 0 Å². The number of hydrogen-bond donors (Lipinski definition) is 0. The van der Waals surface area contributed by atoms with Gasteiger partial charge in [0.2, 0.25) is 0 Å². The Hall–Kier alpha value is -7.94. The maximum atomic E-state index is 6.46. The van der Waals surface area contributed by atoms with Gasteiger partial charge < -0.3 is 9.32 Å². The maximum Gasteiger partial charge on any atom is 0.137 e. The minimum atomic E-state index is 0.864. The lowest BCUT2D eigenvalue weighted by molar-refractivity contribution is 0.669. The Kier molecular flexibility index (Phi) is 7.89. The topological polar surface area (TPSA) is 16.4 Å². The van der Waals surface area contributed by atoms with Crippen LogP contribution in [0.25, 0.3) is 98.4 Å². The lowest BCUT2D eigenvalue weighted by atomic mass is 9.93. The molecule has 0 bridgehead atoms. The summed E-state index contributed by atoms with van der Waals surface area (Å²) in [7, 11) is 0. The van der Waals surface area contributed by atoms with Crippen LogP contribution in [0.5, 0.6) is 0 Å². The monoisotopic (exact) mass is 763 g/mol. The lowest BCUT2D eigenvalue weighted by Crippen LogP contribution is -2.11. The van der Waals surface area contributed by atoms with Crippen LogP contribution in [0.15, 0.2) is 229 Å². The van der Waals surface area contributed by atoms with Crippen molar-refractivity contribution in [2.24, 2.45) is 0 Å². The summed E-state index contributed by atoms with van der Waals surface area (Å²) in [5, 5.41) is 12.3. The van der Waals surface area contributed by atoms with Gasteiger partial charge in [-0.1, -0.05) is 182 Å². The van der Waals surface area contributed by atoms with E-state index >= 15 is 0 Å². The first-order chi connectivity index (χ1) is 29.7. The molecule has 0 spiro atoms. The minimum absolute atomic E-state index is 0.864. The van der Waals surface area contributed by atoms with E-state index in [1.54, 1.807) is 0 Å². The van der Waals surface area contributed by atoms with Crippen LogP contribution in [0, 0.1) is 0 Å². The van der Waals surface area contributed by atoms with Gasteiger partial charge in [-0.25, -0.2) is 0 Å². The fraction of sp³-hybridized carbons (Fsp3) is 0. The summed E-state index contributed by atoms with van der Waals surface area (Å²) in [6, 6.07) is 81.3. The highest BCUT2D eigenvalue weighted by Crippen LogP contribution is 2.46.